The van der Waals surface area contributed by atoms with Crippen molar-refractivity contribution in [1.82, 2.24) is 0 Å². The second-order valence-electron chi connectivity index (χ2n) is 6.37. The number of aliphatic hydroxyl groups excluding tert-OH is 1. The minimum Gasteiger partial charge on any atom is -0.758 e. The van der Waals surface area contributed by atoms with E-state index >= 15 is 0 Å². The summed E-state index contributed by atoms with van der Waals surface area (Å²) in [6, 6.07) is 13.5. The molecule has 4 nitrogen and oxygen atoms in total. The van der Waals surface area contributed by atoms with E-state index in [1.807, 2.05) is 0 Å². The number of pyridine rings is 1. The topological polar surface area (TPSA) is 53.5 Å². The third-order valence-corrected chi connectivity index (χ3v) is 4.66. The van der Waals surface area contributed by atoms with Gasteiger partial charge in [-0.2, -0.15) is 4.57 Å². The molecule has 0 aliphatic heterocycles. The van der Waals surface area contributed by atoms with Gasteiger partial charge in [0.2, 0.25) is 11.8 Å². The molecule has 3 aromatic rings. The number of aliphatic imine (C=N–C) groups is 1. The molecule has 29 heavy (non-hydrogen) atoms. The third-order valence-electron chi connectivity index (χ3n) is 4.31. The van der Waals surface area contributed by atoms with Gasteiger partial charge in [0.25, 0.3) is 0 Å². The van der Waals surface area contributed by atoms with Crippen LogP contribution in [0.3, 0.4) is 0 Å². The van der Waals surface area contributed by atoms with Crippen LogP contribution in [0.1, 0.15) is 27.5 Å². The molecule has 0 saturated carbocycles. The number of ketones is 1. The molecule has 2 aromatic carbocycles. The predicted octanol–water partition coefficient (Wildman–Crippen LogP) is 3.31. The molecular weight excluding hydrogens is 394 g/mol. The average Bonchev–Trinajstić information content (AvgIpc) is 2.74. The van der Waals surface area contributed by atoms with Gasteiger partial charge >= 0.3 is 0 Å². The Morgan fingerprint density at radius 1 is 1.00 bits per heavy atom. The van der Waals surface area contributed by atoms with Crippen LogP contribution in [0, 0.1) is 11.6 Å². The molecule has 0 aliphatic carbocycles. The largest absolute Gasteiger partial charge is 0.758 e. The fraction of sp³-hybridized carbons (Fsp3) is 0.136. The zero-order chi connectivity index (χ0) is 20.8. The Kier molecular flexibility index (Phi) is 6.74. The number of carbonyl (C=O) groups is 1. The summed E-state index contributed by atoms with van der Waals surface area (Å²) < 4.78 is 27.9. The molecular formula is C22H18F2N2O2S. The Morgan fingerprint density at radius 2 is 1.62 bits per heavy atom. The molecule has 0 amide bonds. The smallest absolute Gasteiger partial charge is 0.237 e. The van der Waals surface area contributed by atoms with Gasteiger partial charge in [0.1, 0.15) is 11.6 Å². The van der Waals surface area contributed by atoms with E-state index in [2.05, 4.69) is 4.99 Å². The Balaban J connectivity index is 1.96. The monoisotopic (exact) mass is 412 g/mol. The van der Waals surface area contributed by atoms with Crippen molar-refractivity contribution in [2.24, 2.45) is 4.99 Å². The maximum Gasteiger partial charge on any atom is 0.237 e. The van der Waals surface area contributed by atoms with Gasteiger partial charge in [0, 0.05) is 17.2 Å². The van der Waals surface area contributed by atoms with Crippen molar-refractivity contribution >= 4 is 23.5 Å². The summed E-state index contributed by atoms with van der Waals surface area (Å²) in [6.45, 7) is -0.00958. The van der Waals surface area contributed by atoms with Crippen molar-refractivity contribution in [3.63, 3.8) is 0 Å². The zero-order valence-corrected chi connectivity index (χ0v) is 16.2. The van der Waals surface area contributed by atoms with Gasteiger partial charge in [-0.3, -0.25) is 4.79 Å². The molecule has 0 aliphatic rings. The lowest BCUT2D eigenvalue weighted by atomic mass is 10.0. The first-order valence-corrected chi connectivity index (χ1v) is 9.25. The standard InChI is InChI=1S/C22H18F2N2O2S/c23-18-7-3-15(4-8-18)12-25-22(29)20(26-11-1-2-16(13-26)14-27)21(28)17-5-9-19(24)10-6-17/h1-11,13,20,27H,12,14H2/t20-/m0/s1. The van der Waals surface area contributed by atoms with Crippen LogP contribution < -0.4 is 4.57 Å². The lowest BCUT2D eigenvalue weighted by Crippen LogP contribution is -2.48. The van der Waals surface area contributed by atoms with E-state index in [9.17, 15) is 18.7 Å². The molecule has 1 heterocycles. The highest BCUT2D eigenvalue weighted by molar-refractivity contribution is 7.77. The van der Waals surface area contributed by atoms with Gasteiger partial charge in [0.15, 0.2) is 12.4 Å². The van der Waals surface area contributed by atoms with Crippen molar-refractivity contribution in [2.75, 3.05) is 0 Å². The second-order valence-corrected chi connectivity index (χ2v) is 6.79. The average molecular weight is 412 g/mol. The highest BCUT2D eigenvalue weighted by atomic mass is 32.1. The van der Waals surface area contributed by atoms with Gasteiger partial charge in [-0.1, -0.05) is 12.1 Å². The van der Waals surface area contributed by atoms with Crippen LogP contribution in [0.2, 0.25) is 0 Å². The molecule has 7 heteroatoms. The molecule has 1 N–H and O–H groups in total. The summed E-state index contributed by atoms with van der Waals surface area (Å²) in [4.78, 5) is 17.5. The fourth-order valence-corrected chi connectivity index (χ4v) is 3.08. The maximum absolute atomic E-state index is 13.3. The maximum atomic E-state index is 13.3. The predicted molar refractivity (Wildman–Crippen MR) is 107 cm³/mol. The first kappa shape index (κ1) is 20.7. The first-order chi connectivity index (χ1) is 14.0. The van der Waals surface area contributed by atoms with E-state index in [4.69, 9.17) is 12.6 Å². The number of hydrogen-bond donors (Lipinski definition) is 1. The van der Waals surface area contributed by atoms with Crippen molar-refractivity contribution in [1.29, 1.82) is 0 Å². The molecule has 0 radical (unpaired) electrons. The van der Waals surface area contributed by atoms with Crippen molar-refractivity contribution in [3.8, 4) is 0 Å². The molecule has 1 atom stereocenters. The minimum absolute atomic E-state index is 0.128. The van der Waals surface area contributed by atoms with Crippen LogP contribution >= 0.6 is 0 Å². The molecule has 0 fully saturated rings. The Labute approximate surface area is 172 Å². The molecule has 1 aromatic heterocycles. The van der Waals surface area contributed by atoms with E-state index in [-0.39, 0.29) is 35.4 Å². The summed E-state index contributed by atoms with van der Waals surface area (Å²) in [6.07, 6.45) is 3.27. The van der Waals surface area contributed by atoms with Crippen molar-refractivity contribution < 1.29 is 23.2 Å². The number of benzene rings is 2. The molecule has 3 rings (SSSR count). The van der Waals surface area contributed by atoms with Crippen molar-refractivity contribution in [2.45, 2.75) is 19.2 Å². The lowest BCUT2D eigenvalue weighted by molar-refractivity contribution is -0.692. The van der Waals surface area contributed by atoms with Gasteiger partial charge < -0.3 is 22.7 Å². The normalized spacial score (nSPS) is 12.6. The second kappa shape index (κ2) is 9.45. The van der Waals surface area contributed by atoms with Gasteiger partial charge in [-0.25, -0.2) is 8.78 Å². The molecule has 0 unspecified atom stereocenters. The summed E-state index contributed by atoms with van der Waals surface area (Å²) in [5.41, 5.74) is 1.64. The van der Waals surface area contributed by atoms with Crippen LogP contribution in [-0.2, 0) is 25.8 Å². The molecule has 0 spiro atoms. The zero-order valence-electron chi connectivity index (χ0n) is 15.3. The number of halogens is 2. The summed E-state index contributed by atoms with van der Waals surface area (Å²) in [5.74, 6) is -1.15. The third kappa shape index (κ3) is 5.28. The van der Waals surface area contributed by atoms with E-state index in [1.54, 1.807) is 41.2 Å². The minimum atomic E-state index is -0.942. The molecule has 0 saturated heterocycles. The Hall–Kier alpha value is -3.03. The van der Waals surface area contributed by atoms with Crippen LogP contribution in [-0.4, -0.2) is 15.9 Å². The van der Waals surface area contributed by atoms with Gasteiger partial charge in [-0.05, 0) is 53.1 Å². The van der Waals surface area contributed by atoms with Crippen LogP contribution in [0.4, 0.5) is 8.78 Å². The van der Waals surface area contributed by atoms with Crippen molar-refractivity contribution in [3.05, 3.63) is 101 Å². The van der Waals surface area contributed by atoms with E-state index < -0.39 is 11.9 Å². The Bertz CT molecular complexity index is 1020. The van der Waals surface area contributed by atoms with Crippen LogP contribution in [0.15, 0.2) is 78.0 Å². The number of aromatic nitrogens is 1. The highest BCUT2D eigenvalue weighted by Gasteiger charge is 2.28. The molecule has 148 valence electrons. The number of rotatable bonds is 7. The number of Topliss-reactive ketones (excluding diaryl/α,β-unsaturated/α-hetero) is 1. The van der Waals surface area contributed by atoms with Gasteiger partial charge in [-0.15, -0.1) is 0 Å². The quantitative estimate of drug-likeness (QED) is 0.213. The van der Waals surface area contributed by atoms with E-state index in [0.717, 1.165) is 5.56 Å². The summed E-state index contributed by atoms with van der Waals surface area (Å²) in [7, 11) is 0. The van der Waals surface area contributed by atoms with Crippen LogP contribution in [0.5, 0.6) is 0 Å². The van der Waals surface area contributed by atoms with E-state index in [0.29, 0.717) is 5.56 Å². The summed E-state index contributed by atoms with van der Waals surface area (Å²) >= 11 is 5.44. The lowest BCUT2D eigenvalue weighted by Gasteiger charge is -2.19. The van der Waals surface area contributed by atoms with Crippen LogP contribution in [0.25, 0.3) is 0 Å². The first-order valence-electron chi connectivity index (χ1n) is 8.84. The highest BCUT2D eigenvalue weighted by Crippen LogP contribution is 2.14. The number of nitrogens with zero attached hydrogens (tertiary/aromatic N) is 2. The Morgan fingerprint density at radius 3 is 2.24 bits per heavy atom. The van der Waals surface area contributed by atoms with Gasteiger partial charge in [0.05, 0.1) is 13.2 Å². The van der Waals surface area contributed by atoms with E-state index in [1.165, 1.54) is 36.4 Å². The molecule has 0 bridgehead atoms. The number of aliphatic hydroxyl groups is 1. The SMILES string of the molecule is O=C(c1ccc(F)cc1)[C@@H](C([S-])=NCc1ccc(F)cc1)[n+]1cccc(CO)c1. The fourth-order valence-electron chi connectivity index (χ4n) is 2.79. The summed E-state index contributed by atoms with van der Waals surface area (Å²) in [5, 5.41) is 9.54. The number of carbonyl (C=O) groups excluding carboxylic acids is 1. The number of hydrogen-bond acceptors (Lipinski definition) is 4.